The molecule has 0 bridgehead atoms. The summed E-state index contributed by atoms with van der Waals surface area (Å²) in [4.78, 5) is 15.2. The van der Waals surface area contributed by atoms with Crippen LogP contribution in [0.15, 0.2) is 30.5 Å². The van der Waals surface area contributed by atoms with E-state index in [1.807, 2.05) is 22.9 Å². The van der Waals surface area contributed by atoms with Gasteiger partial charge in [-0.1, -0.05) is 19.1 Å². The summed E-state index contributed by atoms with van der Waals surface area (Å²) in [5.41, 5.74) is 2.65. The van der Waals surface area contributed by atoms with Crippen LogP contribution in [0, 0.1) is 5.92 Å². The highest BCUT2D eigenvalue weighted by Gasteiger charge is 2.18. The molecule has 1 unspecified atom stereocenters. The lowest BCUT2D eigenvalue weighted by atomic mass is 9.99. The largest absolute Gasteiger partial charge is 0.368 e. The van der Waals surface area contributed by atoms with E-state index in [1.165, 1.54) is 18.4 Å². The Kier molecular flexibility index (Phi) is 4.93. The van der Waals surface area contributed by atoms with E-state index in [2.05, 4.69) is 33.6 Å². The van der Waals surface area contributed by atoms with Crippen molar-refractivity contribution in [1.82, 2.24) is 14.7 Å². The third-order valence-corrected chi connectivity index (χ3v) is 5.26. The van der Waals surface area contributed by atoms with Gasteiger partial charge < -0.3 is 10.6 Å². The van der Waals surface area contributed by atoms with Crippen molar-refractivity contribution >= 4 is 17.4 Å². The molecule has 1 saturated heterocycles. The molecule has 26 heavy (non-hydrogen) atoms. The number of anilines is 2. The molecule has 0 aliphatic carbocycles. The molecule has 6 nitrogen and oxygen atoms in total. The number of nitrogens with one attached hydrogen (secondary N) is 2. The Balaban J connectivity index is 1.44. The maximum absolute atomic E-state index is 12.7. The molecule has 1 amide bonds. The molecule has 1 fully saturated rings. The molecule has 0 radical (unpaired) electrons. The number of piperidine rings is 1. The maximum Gasteiger partial charge on any atom is 0.255 e. The molecule has 2 N–H and O–H groups in total. The van der Waals surface area contributed by atoms with Gasteiger partial charge in [-0.2, -0.15) is 5.10 Å². The third kappa shape index (κ3) is 3.75. The van der Waals surface area contributed by atoms with E-state index in [0.29, 0.717) is 5.56 Å². The second-order valence-electron chi connectivity index (χ2n) is 7.55. The zero-order chi connectivity index (χ0) is 17.9. The molecule has 3 heterocycles. The van der Waals surface area contributed by atoms with Crippen molar-refractivity contribution in [3.63, 3.8) is 0 Å². The predicted molar refractivity (Wildman–Crippen MR) is 103 cm³/mol. The van der Waals surface area contributed by atoms with Crippen molar-refractivity contribution in [3.8, 4) is 0 Å². The van der Waals surface area contributed by atoms with E-state index in [-0.39, 0.29) is 5.91 Å². The number of nitrogens with zero attached hydrogens (tertiary/aromatic N) is 3. The van der Waals surface area contributed by atoms with Crippen LogP contribution in [0.2, 0.25) is 0 Å². The number of likely N-dealkylation sites (tertiary alicyclic amines) is 1. The van der Waals surface area contributed by atoms with Gasteiger partial charge in [0.25, 0.3) is 5.91 Å². The third-order valence-electron chi connectivity index (χ3n) is 5.26. The highest BCUT2D eigenvalue weighted by Crippen LogP contribution is 2.25. The summed E-state index contributed by atoms with van der Waals surface area (Å²) in [5.74, 6) is 1.58. The van der Waals surface area contributed by atoms with Gasteiger partial charge in [0.15, 0.2) is 0 Å². The quantitative estimate of drug-likeness (QED) is 0.886. The van der Waals surface area contributed by atoms with Crippen molar-refractivity contribution in [2.75, 3.05) is 30.3 Å². The molecule has 6 heteroatoms. The minimum Gasteiger partial charge on any atom is -0.368 e. The molecular formula is C20H27N5O. The summed E-state index contributed by atoms with van der Waals surface area (Å²) in [6.45, 7) is 7.33. The molecule has 0 saturated carbocycles. The molecule has 1 aromatic carbocycles. The lowest BCUT2D eigenvalue weighted by Crippen LogP contribution is -2.33. The lowest BCUT2D eigenvalue weighted by Gasteiger charge is -2.30. The average molecular weight is 353 g/mol. The highest BCUT2D eigenvalue weighted by atomic mass is 16.1. The first kappa shape index (κ1) is 17.1. The Hall–Kier alpha value is -2.34. The fraction of sp³-hybridized carbons (Fsp3) is 0.500. The number of amides is 1. The fourth-order valence-electron chi connectivity index (χ4n) is 3.96. The van der Waals surface area contributed by atoms with Gasteiger partial charge in [0.2, 0.25) is 0 Å². The molecule has 1 aromatic heterocycles. The van der Waals surface area contributed by atoms with Gasteiger partial charge in [-0.05, 0) is 49.4 Å². The van der Waals surface area contributed by atoms with Gasteiger partial charge in [-0.15, -0.1) is 0 Å². The Bertz CT molecular complexity index is 784. The normalized spacial score (nSPS) is 20.3. The standard InChI is InChI=1S/C20H27N5O/c1-15-5-3-9-24(13-15)14-16-6-2-7-17(11-16)20(26)23-18-12-22-25-10-4-8-21-19(18)25/h2,6-7,11-12,15,21H,3-5,8-10,13-14H2,1H3,(H,23,26). The number of carbonyl (C=O) groups is 1. The Morgan fingerprint density at radius 1 is 1.35 bits per heavy atom. The fourth-order valence-corrected chi connectivity index (χ4v) is 3.96. The molecule has 138 valence electrons. The van der Waals surface area contributed by atoms with Gasteiger partial charge in [-0.3, -0.25) is 9.69 Å². The number of rotatable bonds is 4. The molecule has 1 atom stereocenters. The molecule has 0 spiro atoms. The van der Waals surface area contributed by atoms with E-state index < -0.39 is 0 Å². The Labute approximate surface area is 154 Å². The van der Waals surface area contributed by atoms with Crippen LogP contribution < -0.4 is 10.6 Å². The summed E-state index contributed by atoms with van der Waals surface area (Å²) in [6, 6.07) is 7.97. The molecule has 2 aliphatic rings. The molecular weight excluding hydrogens is 326 g/mol. The second kappa shape index (κ2) is 7.50. The first-order valence-electron chi connectivity index (χ1n) is 9.61. The van der Waals surface area contributed by atoms with E-state index in [4.69, 9.17) is 0 Å². The highest BCUT2D eigenvalue weighted by molar-refractivity contribution is 6.05. The van der Waals surface area contributed by atoms with Crippen LogP contribution in [-0.2, 0) is 13.1 Å². The summed E-state index contributed by atoms with van der Waals surface area (Å²) in [7, 11) is 0. The van der Waals surface area contributed by atoms with Gasteiger partial charge >= 0.3 is 0 Å². The number of hydrogen-bond donors (Lipinski definition) is 2. The van der Waals surface area contributed by atoms with Gasteiger partial charge in [-0.25, -0.2) is 4.68 Å². The van der Waals surface area contributed by atoms with Gasteiger partial charge in [0.1, 0.15) is 11.5 Å². The van der Waals surface area contributed by atoms with E-state index in [9.17, 15) is 4.79 Å². The zero-order valence-electron chi connectivity index (χ0n) is 15.4. The summed E-state index contributed by atoms with van der Waals surface area (Å²) in [5, 5.41) is 10.7. The molecule has 4 rings (SSSR count). The first-order chi connectivity index (χ1) is 12.7. The molecule has 2 aliphatic heterocycles. The minimum absolute atomic E-state index is 0.0814. The Morgan fingerprint density at radius 3 is 3.15 bits per heavy atom. The number of benzene rings is 1. The number of carbonyl (C=O) groups excluding carboxylic acids is 1. The monoisotopic (exact) mass is 353 g/mol. The van der Waals surface area contributed by atoms with Crippen LogP contribution in [0.1, 0.15) is 42.1 Å². The summed E-state index contributed by atoms with van der Waals surface area (Å²) >= 11 is 0. The number of aryl methyl sites for hydroxylation is 1. The zero-order valence-corrected chi connectivity index (χ0v) is 15.4. The van der Waals surface area contributed by atoms with E-state index >= 15 is 0 Å². The van der Waals surface area contributed by atoms with Gasteiger partial charge in [0, 0.05) is 31.7 Å². The van der Waals surface area contributed by atoms with Crippen LogP contribution in [0.5, 0.6) is 0 Å². The van der Waals surface area contributed by atoms with Crippen LogP contribution in [0.4, 0.5) is 11.5 Å². The van der Waals surface area contributed by atoms with Crippen LogP contribution >= 0.6 is 0 Å². The van der Waals surface area contributed by atoms with Crippen LogP contribution in [0.25, 0.3) is 0 Å². The van der Waals surface area contributed by atoms with Crippen LogP contribution in [0.3, 0.4) is 0 Å². The van der Waals surface area contributed by atoms with Crippen molar-refractivity contribution in [3.05, 3.63) is 41.6 Å². The van der Waals surface area contributed by atoms with Crippen LogP contribution in [-0.4, -0.2) is 40.2 Å². The topological polar surface area (TPSA) is 62.2 Å². The molecule has 2 aromatic rings. The second-order valence-corrected chi connectivity index (χ2v) is 7.55. The average Bonchev–Trinajstić information content (AvgIpc) is 3.05. The van der Waals surface area contributed by atoms with Crippen molar-refractivity contribution in [2.24, 2.45) is 5.92 Å². The summed E-state index contributed by atoms with van der Waals surface area (Å²) < 4.78 is 1.91. The lowest BCUT2D eigenvalue weighted by molar-refractivity contribution is 0.102. The minimum atomic E-state index is -0.0814. The predicted octanol–water partition coefficient (Wildman–Crippen LogP) is 3.18. The number of hydrogen-bond acceptors (Lipinski definition) is 4. The van der Waals surface area contributed by atoms with Crippen molar-refractivity contribution in [1.29, 1.82) is 0 Å². The SMILES string of the molecule is CC1CCCN(Cc2cccc(C(=O)Nc3cnn4c3NCCC4)c2)C1. The maximum atomic E-state index is 12.7. The van der Waals surface area contributed by atoms with Gasteiger partial charge in [0.05, 0.1) is 6.20 Å². The Morgan fingerprint density at radius 2 is 2.27 bits per heavy atom. The smallest absolute Gasteiger partial charge is 0.255 e. The van der Waals surface area contributed by atoms with E-state index in [0.717, 1.165) is 56.6 Å². The first-order valence-corrected chi connectivity index (χ1v) is 9.61. The van der Waals surface area contributed by atoms with Crippen molar-refractivity contribution in [2.45, 2.75) is 39.3 Å². The van der Waals surface area contributed by atoms with Crippen molar-refractivity contribution < 1.29 is 4.79 Å². The number of fused-ring (bicyclic) bond motifs is 1. The van der Waals surface area contributed by atoms with E-state index in [1.54, 1.807) is 6.20 Å². The summed E-state index contributed by atoms with van der Waals surface area (Å²) in [6.07, 6.45) is 5.37. The number of aromatic nitrogens is 2.